The number of benzene rings is 1. The largest absolute Gasteiger partial charge is 0.350 e. The summed E-state index contributed by atoms with van der Waals surface area (Å²) >= 11 is 1.57. The SMILES string of the molecule is CC(=O)NC(CC(=O)N1CSCC1C(=O)NC(C)(C)C)c1ccc(C)cc1. The van der Waals surface area contributed by atoms with Crippen LogP contribution >= 0.6 is 11.8 Å². The van der Waals surface area contributed by atoms with Crippen LogP contribution in [0.25, 0.3) is 0 Å². The quantitative estimate of drug-likeness (QED) is 0.808. The predicted octanol–water partition coefficient (Wildman–Crippen LogP) is 2.38. The van der Waals surface area contributed by atoms with Gasteiger partial charge in [0.2, 0.25) is 17.7 Å². The standard InChI is InChI=1S/C20H29N3O3S/c1-13-6-8-15(9-7-13)16(21-14(2)24)10-18(25)23-12-27-11-17(23)19(26)22-20(3,4)5/h6-9,16-17H,10-12H2,1-5H3,(H,21,24)(H,22,26). The molecule has 1 aliphatic heterocycles. The molecule has 2 rings (SSSR count). The van der Waals surface area contributed by atoms with E-state index in [1.165, 1.54) is 6.92 Å². The number of rotatable bonds is 5. The van der Waals surface area contributed by atoms with Crippen molar-refractivity contribution < 1.29 is 14.4 Å². The molecule has 1 aliphatic rings. The summed E-state index contributed by atoms with van der Waals surface area (Å²) in [4.78, 5) is 38.7. The minimum atomic E-state index is -0.474. The maximum Gasteiger partial charge on any atom is 0.244 e. The van der Waals surface area contributed by atoms with Gasteiger partial charge in [-0.05, 0) is 33.3 Å². The molecule has 2 atom stereocenters. The molecule has 0 aliphatic carbocycles. The van der Waals surface area contributed by atoms with Crippen molar-refractivity contribution in [3.05, 3.63) is 35.4 Å². The lowest BCUT2D eigenvalue weighted by molar-refractivity contribution is -0.139. The fourth-order valence-electron chi connectivity index (χ4n) is 2.95. The molecule has 1 aromatic carbocycles. The molecular formula is C20H29N3O3S. The highest BCUT2D eigenvalue weighted by Crippen LogP contribution is 2.26. The van der Waals surface area contributed by atoms with Crippen LogP contribution in [0.2, 0.25) is 0 Å². The zero-order valence-electron chi connectivity index (χ0n) is 16.7. The van der Waals surface area contributed by atoms with Crippen molar-refractivity contribution in [2.75, 3.05) is 11.6 Å². The summed E-state index contributed by atoms with van der Waals surface area (Å²) < 4.78 is 0. The van der Waals surface area contributed by atoms with E-state index in [1.54, 1.807) is 16.7 Å². The highest BCUT2D eigenvalue weighted by molar-refractivity contribution is 7.99. The Morgan fingerprint density at radius 2 is 1.85 bits per heavy atom. The van der Waals surface area contributed by atoms with Crippen LogP contribution in [0.1, 0.15) is 51.3 Å². The minimum absolute atomic E-state index is 0.127. The van der Waals surface area contributed by atoms with Gasteiger partial charge in [-0.3, -0.25) is 14.4 Å². The fraction of sp³-hybridized carbons (Fsp3) is 0.550. The molecule has 6 nitrogen and oxygen atoms in total. The zero-order valence-corrected chi connectivity index (χ0v) is 17.5. The van der Waals surface area contributed by atoms with E-state index in [0.717, 1.165) is 11.1 Å². The minimum Gasteiger partial charge on any atom is -0.350 e. The Kier molecular flexibility index (Phi) is 6.92. The number of thioether (sulfide) groups is 1. The second kappa shape index (κ2) is 8.78. The van der Waals surface area contributed by atoms with Crippen LogP contribution < -0.4 is 10.6 Å². The third kappa shape index (κ3) is 6.27. The first-order valence-corrected chi connectivity index (χ1v) is 10.2. The first-order valence-electron chi connectivity index (χ1n) is 9.10. The summed E-state index contributed by atoms with van der Waals surface area (Å²) in [5, 5.41) is 5.81. The lowest BCUT2D eigenvalue weighted by Crippen LogP contribution is -2.52. The van der Waals surface area contributed by atoms with Crippen LogP contribution in [0.15, 0.2) is 24.3 Å². The van der Waals surface area contributed by atoms with Gasteiger partial charge < -0.3 is 15.5 Å². The Morgan fingerprint density at radius 1 is 1.22 bits per heavy atom. The third-order valence-electron chi connectivity index (χ3n) is 4.24. The second-order valence-electron chi connectivity index (χ2n) is 7.99. The molecule has 1 heterocycles. The Labute approximate surface area is 165 Å². The van der Waals surface area contributed by atoms with Crippen LogP contribution in [0.4, 0.5) is 0 Å². The summed E-state index contributed by atoms with van der Waals surface area (Å²) in [6.07, 6.45) is 0.127. The van der Waals surface area contributed by atoms with Gasteiger partial charge in [0.05, 0.1) is 18.3 Å². The number of aryl methyl sites for hydroxylation is 1. The first kappa shape index (κ1) is 21.3. The van der Waals surface area contributed by atoms with Crippen LogP contribution in [-0.2, 0) is 14.4 Å². The van der Waals surface area contributed by atoms with Gasteiger partial charge in [-0.1, -0.05) is 29.8 Å². The number of hydrogen-bond acceptors (Lipinski definition) is 4. The summed E-state index contributed by atoms with van der Waals surface area (Å²) in [5.41, 5.74) is 1.65. The van der Waals surface area contributed by atoms with E-state index in [4.69, 9.17) is 0 Å². The van der Waals surface area contributed by atoms with E-state index in [2.05, 4.69) is 10.6 Å². The highest BCUT2D eigenvalue weighted by Gasteiger charge is 2.36. The number of carbonyl (C=O) groups is 3. The van der Waals surface area contributed by atoms with Gasteiger partial charge in [0.25, 0.3) is 0 Å². The summed E-state index contributed by atoms with van der Waals surface area (Å²) in [5.74, 6) is 0.622. The smallest absolute Gasteiger partial charge is 0.244 e. The number of amides is 3. The van der Waals surface area contributed by atoms with E-state index < -0.39 is 12.1 Å². The maximum atomic E-state index is 12.9. The molecule has 0 aromatic heterocycles. The summed E-state index contributed by atoms with van der Waals surface area (Å²) in [6.45, 7) is 9.19. The number of nitrogens with one attached hydrogen (secondary N) is 2. The van der Waals surface area contributed by atoms with Crippen molar-refractivity contribution in [1.82, 2.24) is 15.5 Å². The fourth-order valence-corrected chi connectivity index (χ4v) is 4.13. The lowest BCUT2D eigenvalue weighted by Gasteiger charge is -2.29. The topological polar surface area (TPSA) is 78.5 Å². The van der Waals surface area contributed by atoms with Gasteiger partial charge in [-0.2, -0.15) is 0 Å². The van der Waals surface area contributed by atoms with E-state index in [0.29, 0.717) is 11.6 Å². The molecule has 0 bridgehead atoms. The first-order chi connectivity index (χ1) is 12.6. The van der Waals surface area contributed by atoms with E-state index in [9.17, 15) is 14.4 Å². The molecule has 1 fully saturated rings. The van der Waals surface area contributed by atoms with Crippen molar-refractivity contribution in [3.8, 4) is 0 Å². The van der Waals surface area contributed by atoms with Crippen molar-refractivity contribution in [2.24, 2.45) is 0 Å². The summed E-state index contributed by atoms with van der Waals surface area (Å²) in [6, 6.07) is 6.88. The monoisotopic (exact) mass is 391 g/mol. The van der Waals surface area contributed by atoms with Crippen LogP contribution in [-0.4, -0.2) is 45.8 Å². The van der Waals surface area contributed by atoms with Crippen molar-refractivity contribution in [1.29, 1.82) is 0 Å². The third-order valence-corrected chi connectivity index (χ3v) is 5.25. The Bertz CT molecular complexity index is 697. The Balaban J connectivity index is 2.12. The van der Waals surface area contributed by atoms with Crippen molar-refractivity contribution in [2.45, 2.75) is 58.7 Å². The molecule has 2 N–H and O–H groups in total. The average molecular weight is 392 g/mol. The molecule has 1 aromatic rings. The van der Waals surface area contributed by atoms with Crippen molar-refractivity contribution >= 4 is 29.5 Å². The number of hydrogen-bond donors (Lipinski definition) is 2. The van der Waals surface area contributed by atoms with Gasteiger partial charge in [-0.15, -0.1) is 11.8 Å². The maximum absolute atomic E-state index is 12.9. The predicted molar refractivity (Wildman–Crippen MR) is 108 cm³/mol. The highest BCUT2D eigenvalue weighted by atomic mass is 32.2. The molecule has 7 heteroatoms. The number of nitrogens with zero attached hydrogens (tertiary/aromatic N) is 1. The molecule has 2 unspecified atom stereocenters. The van der Waals surface area contributed by atoms with Gasteiger partial charge in [0, 0.05) is 18.2 Å². The van der Waals surface area contributed by atoms with Crippen LogP contribution in [0.3, 0.4) is 0 Å². The Hall–Kier alpha value is -2.02. The molecule has 0 saturated carbocycles. The van der Waals surface area contributed by atoms with Crippen LogP contribution in [0, 0.1) is 6.92 Å². The van der Waals surface area contributed by atoms with Crippen LogP contribution in [0.5, 0.6) is 0 Å². The average Bonchev–Trinajstić information content (AvgIpc) is 3.02. The second-order valence-corrected chi connectivity index (χ2v) is 8.99. The number of carbonyl (C=O) groups excluding carboxylic acids is 3. The molecule has 1 saturated heterocycles. The zero-order chi connectivity index (χ0) is 20.2. The normalized spacial score (nSPS) is 18.1. The molecule has 0 radical (unpaired) electrons. The van der Waals surface area contributed by atoms with E-state index >= 15 is 0 Å². The van der Waals surface area contributed by atoms with E-state index in [1.807, 2.05) is 52.0 Å². The van der Waals surface area contributed by atoms with Gasteiger partial charge >= 0.3 is 0 Å². The van der Waals surface area contributed by atoms with Gasteiger partial charge in [-0.25, -0.2) is 0 Å². The molecule has 27 heavy (non-hydrogen) atoms. The summed E-state index contributed by atoms with van der Waals surface area (Å²) in [7, 11) is 0. The van der Waals surface area contributed by atoms with Crippen molar-refractivity contribution in [3.63, 3.8) is 0 Å². The molecule has 3 amide bonds. The Morgan fingerprint density at radius 3 is 2.41 bits per heavy atom. The molecule has 148 valence electrons. The van der Waals surface area contributed by atoms with Gasteiger partial charge in [0.1, 0.15) is 6.04 Å². The van der Waals surface area contributed by atoms with Gasteiger partial charge in [0.15, 0.2) is 0 Å². The lowest BCUT2D eigenvalue weighted by atomic mass is 10.0. The molecular weight excluding hydrogens is 362 g/mol. The van der Waals surface area contributed by atoms with E-state index in [-0.39, 0.29) is 29.7 Å². The molecule has 0 spiro atoms.